The van der Waals surface area contributed by atoms with Crippen LogP contribution in [0.3, 0.4) is 0 Å². The van der Waals surface area contributed by atoms with Crippen LogP contribution in [-0.2, 0) is 4.79 Å². The van der Waals surface area contributed by atoms with Gasteiger partial charge in [-0.15, -0.1) is 0 Å². The number of methoxy groups -OCH3 is 2. The molecule has 1 aliphatic rings. The van der Waals surface area contributed by atoms with E-state index in [2.05, 4.69) is 9.97 Å². The molecule has 3 aromatic rings. The number of carbonyl (C=O) groups is 1. The second-order valence-corrected chi connectivity index (χ2v) is 7.63. The molecule has 1 aromatic heterocycles. The van der Waals surface area contributed by atoms with Gasteiger partial charge in [0.25, 0.3) is 0 Å². The van der Waals surface area contributed by atoms with Gasteiger partial charge < -0.3 is 30.1 Å². The minimum absolute atomic E-state index is 0.0606. The maximum absolute atomic E-state index is 12.7. The second kappa shape index (κ2) is 9.27. The number of nitrogens with zero attached hydrogens (tertiary/aromatic N) is 4. The number of carbonyl (C=O) groups excluding carboxylic acids is 1. The number of ether oxygens (including phenoxy) is 2. The molecule has 0 saturated carbocycles. The topological polar surface area (TPSA) is 114 Å². The molecule has 0 radical (unpaired) electrons. The molecule has 1 saturated heterocycles. The van der Waals surface area contributed by atoms with E-state index in [0.717, 1.165) is 5.56 Å². The van der Waals surface area contributed by atoms with Gasteiger partial charge in [-0.05, 0) is 11.6 Å². The Hall–Kier alpha value is -3.59. The van der Waals surface area contributed by atoms with Crippen molar-refractivity contribution in [3.8, 4) is 11.5 Å². The number of nitrogen functional groups attached to an aromatic ring is 1. The van der Waals surface area contributed by atoms with Crippen LogP contribution in [0.1, 0.15) is 18.1 Å². The van der Waals surface area contributed by atoms with Gasteiger partial charge in [0.15, 0.2) is 11.5 Å². The summed E-state index contributed by atoms with van der Waals surface area (Å²) in [6, 6.07) is 12.8. The molecule has 1 amide bonds. The Morgan fingerprint density at radius 1 is 1.06 bits per heavy atom. The zero-order valence-corrected chi connectivity index (χ0v) is 18.2. The average Bonchev–Trinajstić information content (AvgIpc) is 2.83. The lowest BCUT2D eigenvalue weighted by molar-refractivity contribution is -0.133. The number of piperazine rings is 1. The fraction of sp³-hybridized carbons (Fsp3) is 0.348. The number of rotatable bonds is 6. The smallest absolute Gasteiger partial charge is 0.228 e. The number of aromatic nitrogens is 2. The van der Waals surface area contributed by atoms with Crippen molar-refractivity contribution < 1.29 is 19.4 Å². The molecular weight excluding hydrogens is 410 g/mol. The summed E-state index contributed by atoms with van der Waals surface area (Å²) in [5.41, 5.74) is 7.60. The van der Waals surface area contributed by atoms with E-state index in [0.29, 0.717) is 60.3 Å². The van der Waals surface area contributed by atoms with E-state index in [9.17, 15) is 9.90 Å². The molecule has 1 unspecified atom stereocenters. The number of aliphatic hydroxyl groups is 1. The minimum Gasteiger partial charge on any atom is -0.493 e. The number of hydrogen-bond acceptors (Lipinski definition) is 8. The normalized spacial score (nSPS) is 15.0. The lowest BCUT2D eigenvalue weighted by atomic mass is 10.1. The lowest BCUT2D eigenvalue weighted by Gasteiger charge is -2.35. The van der Waals surface area contributed by atoms with Crippen molar-refractivity contribution >= 4 is 28.6 Å². The molecule has 2 heterocycles. The molecule has 4 rings (SSSR count). The van der Waals surface area contributed by atoms with Crippen molar-refractivity contribution in [3.05, 3.63) is 48.0 Å². The highest BCUT2D eigenvalue weighted by Gasteiger charge is 2.25. The van der Waals surface area contributed by atoms with Gasteiger partial charge >= 0.3 is 0 Å². The van der Waals surface area contributed by atoms with Crippen LogP contribution in [0.4, 0.5) is 11.8 Å². The monoisotopic (exact) mass is 437 g/mol. The molecule has 1 aliphatic heterocycles. The Bertz CT molecular complexity index is 1100. The molecule has 0 bridgehead atoms. The van der Waals surface area contributed by atoms with Crippen LogP contribution >= 0.6 is 0 Å². The van der Waals surface area contributed by atoms with E-state index < -0.39 is 6.10 Å². The fourth-order valence-electron chi connectivity index (χ4n) is 3.85. The number of anilines is 2. The number of aliphatic hydroxyl groups excluding tert-OH is 1. The summed E-state index contributed by atoms with van der Waals surface area (Å²) in [6.07, 6.45) is -0.747. The number of fused-ring (bicyclic) bond motifs is 1. The van der Waals surface area contributed by atoms with Crippen molar-refractivity contribution in [2.45, 2.75) is 12.5 Å². The van der Waals surface area contributed by atoms with Crippen molar-refractivity contribution in [3.63, 3.8) is 0 Å². The van der Waals surface area contributed by atoms with Crippen LogP contribution in [-0.4, -0.2) is 66.3 Å². The molecule has 32 heavy (non-hydrogen) atoms. The molecule has 2 aromatic carbocycles. The Morgan fingerprint density at radius 2 is 1.72 bits per heavy atom. The maximum atomic E-state index is 12.7. The second-order valence-electron chi connectivity index (χ2n) is 7.63. The van der Waals surface area contributed by atoms with Crippen molar-refractivity contribution in [2.75, 3.05) is 51.0 Å². The van der Waals surface area contributed by atoms with Crippen LogP contribution < -0.4 is 20.1 Å². The fourth-order valence-corrected chi connectivity index (χ4v) is 3.85. The molecule has 1 fully saturated rings. The van der Waals surface area contributed by atoms with Crippen LogP contribution in [0.2, 0.25) is 0 Å². The van der Waals surface area contributed by atoms with Gasteiger partial charge in [-0.3, -0.25) is 4.79 Å². The number of hydrogen-bond donors (Lipinski definition) is 2. The quantitative estimate of drug-likeness (QED) is 0.602. The first-order valence-corrected chi connectivity index (χ1v) is 10.4. The van der Waals surface area contributed by atoms with Crippen LogP contribution in [0.5, 0.6) is 11.5 Å². The highest BCUT2D eigenvalue weighted by molar-refractivity contribution is 5.91. The molecule has 9 heteroatoms. The van der Waals surface area contributed by atoms with E-state index in [1.165, 1.54) is 0 Å². The maximum Gasteiger partial charge on any atom is 0.228 e. The Balaban J connectivity index is 1.44. The molecular formula is C23H27N5O4. The molecule has 168 valence electrons. The van der Waals surface area contributed by atoms with Crippen LogP contribution in [0.15, 0.2) is 42.5 Å². The standard InChI is InChI=1S/C23H27N5O4/c1-31-19-12-16-17(13-20(19)32-2)25-23(26-22(16)24)28-10-8-27(9-11-28)21(30)14-18(29)15-6-4-3-5-7-15/h3-7,12-13,18,29H,8-11,14H2,1-2H3,(H2,24,25,26). The summed E-state index contributed by atoms with van der Waals surface area (Å²) < 4.78 is 10.7. The van der Waals surface area contributed by atoms with Crippen molar-refractivity contribution in [2.24, 2.45) is 0 Å². The SMILES string of the molecule is COc1cc2nc(N3CCN(C(=O)CC(O)c4ccccc4)CC3)nc(N)c2cc1OC. The number of amides is 1. The van der Waals surface area contributed by atoms with Gasteiger partial charge in [-0.1, -0.05) is 30.3 Å². The van der Waals surface area contributed by atoms with Gasteiger partial charge in [0.2, 0.25) is 11.9 Å². The molecule has 9 nitrogen and oxygen atoms in total. The summed E-state index contributed by atoms with van der Waals surface area (Å²) in [5, 5.41) is 11.0. The minimum atomic E-state index is -0.808. The highest BCUT2D eigenvalue weighted by Crippen LogP contribution is 2.34. The Kier molecular flexibility index (Phi) is 6.27. The Labute approximate surface area is 186 Å². The predicted octanol–water partition coefficient (Wildman–Crippen LogP) is 2.00. The summed E-state index contributed by atoms with van der Waals surface area (Å²) >= 11 is 0. The molecule has 0 aliphatic carbocycles. The predicted molar refractivity (Wildman–Crippen MR) is 122 cm³/mol. The summed E-state index contributed by atoms with van der Waals surface area (Å²) in [5.74, 6) is 1.93. The van der Waals surface area contributed by atoms with Gasteiger partial charge in [-0.2, -0.15) is 4.98 Å². The summed E-state index contributed by atoms with van der Waals surface area (Å²) in [6.45, 7) is 2.19. The molecule has 1 atom stereocenters. The first-order chi connectivity index (χ1) is 15.5. The summed E-state index contributed by atoms with van der Waals surface area (Å²) in [4.78, 5) is 25.5. The first kappa shape index (κ1) is 21.6. The van der Waals surface area contributed by atoms with E-state index in [1.54, 1.807) is 31.3 Å². The van der Waals surface area contributed by atoms with Gasteiger partial charge in [0.05, 0.1) is 32.3 Å². The van der Waals surface area contributed by atoms with Gasteiger partial charge in [-0.25, -0.2) is 4.98 Å². The third kappa shape index (κ3) is 4.38. The molecule has 3 N–H and O–H groups in total. The lowest BCUT2D eigenvalue weighted by Crippen LogP contribution is -2.49. The van der Waals surface area contributed by atoms with Crippen molar-refractivity contribution in [1.82, 2.24) is 14.9 Å². The van der Waals surface area contributed by atoms with E-state index >= 15 is 0 Å². The average molecular weight is 438 g/mol. The van der Waals surface area contributed by atoms with Crippen molar-refractivity contribution in [1.29, 1.82) is 0 Å². The number of nitrogens with two attached hydrogens (primary N) is 1. The van der Waals surface area contributed by atoms with E-state index in [-0.39, 0.29) is 12.3 Å². The van der Waals surface area contributed by atoms with Gasteiger partial charge in [0, 0.05) is 37.6 Å². The van der Waals surface area contributed by atoms with Crippen LogP contribution in [0.25, 0.3) is 10.9 Å². The third-order valence-electron chi connectivity index (χ3n) is 5.69. The van der Waals surface area contributed by atoms with Gasteiger partial charge in [0.1, 0.15) is 5.82 Å². The summed E-state index contributed by atoms with van der Waals surface area (Å²) in [7, 11) is 3.13. The highest BCUT2D eigenvalue weighted by atomic mass is 16.5. The van der Waals surface area contributed by atoms with E-state index in [4.69, 9.17) is 15.2 Å². The first-order valence-electron chi connectivity index (χ1n) is 10.4. The Morgan fingerprint density at radius 3 is 2.38 bits per heavy atom. The van der Waals surface area contributed by atoms with E-state index in [1.807, 2.05) is 35.2 Å². The largest absolute Gasteiger partial charge is 0.493 e. The van der Waals surface area contributed by atoms with Crippen LogP contribution in [0, 0.1) is 0 Å². The zero-order valence-electron chi connectivity index (χ0n) is 18.2. The third-order valence-corrected chi connectivity index (χ3v) is 5.69. The number of benzene rings is 2. The zero-order chi connectivity index (χ0) is 22.7. The molecule has 0 spiro atoms.